The minimum Gasteiger partial charge on any atom is -0.756 e. The van der Waals surface area contributed by atoms with Gasteiger partial charge in [0.1, 0.15) is 19.3 Å². The summed E-state index contributed by atoms with van der Waals surface area (Å²) in [5, 5.41) is 0. The lowest BCUT2D eigenvalue weighted by molar-refractivity contribution is -0.870. The molecular formula is C52H92NO7P. The molecule has 0 radical (unpaired) electrons. The number of ether oxygens (including phenoxy) is 2. The van der Waals surface area contributed by atoms with Gasteiger partial charge in [0, 0.05) is 13.0 Å². The van der Waals surface area contributed by atoms with Crippen molar-refractivity contribution in [3.8, 4) is 0 Å². The van der Waals surface area contributed by atoms with Crippen LogP contribution in [0.2, 0.25) is 0 Å². The Morgan fingerprint density at radius 3 is 1.34 bits per heavy atom. The molecule has 0 aromatic carbocycles. The molecule has 0 aliphatic heterocycles. The molecule has 0 heterocycles. The molecule has 0 spiro atoms. The van der Waals surface area contributed by atoms with E-state index in [1.807, 2.05) is 21.1 Å². The van der Waals surface area contributed by atoms with Gasteiger partial charge in [-0.05, 0) is 83.5 Å². The fourth-order valence-corrected chi connectivity index (χ4v) is 6.99. The number of rotatable bonds is 44. The van der Waals surface area contributed by atoms with E-state index in [1.165, 1.54) is 77.0 Å². The third kappa shape index (κ3) is 48.6. The predicted octanol–water partition coefficient (Wildman–Crippen LogP) is 14.2. The van der Waals surface area contributed by atoms with Crippen molar-refractivity contribution >= 4 is 13.8 Å². The zero-order valence-corrected chi connectivity index (χ0v) is 40.7. The molecule has 0 amide bonds. The molecular weight excluding hydrogens is 782 g/mol. The minimum atomic E-state index is -4.54. The van der Waals surface area contributed by atoms with Crippen LogP contribution in [-0.4, -0.2) is 70.7 Å². The highest BCUT2D eigenvalue weighted by Crippen LogP contribution is 2.38. The second-order valence-electron chi connectivity index (χ2n) is 17.1. The first-order valence-corrected chi connectivity index (χ1v) is 25.8. The van der Waals surface area contributed by atoms with Gasteiger partial charge in [-0.2, -0.15) is 0 Å². The highest BCUT2D eigenvalue weighted by molar-refractivity contribution is 7.45. The number of nitrogens with zero attached hydrogens (tertiary/aromatic N) is 1. The summed E-state index contributed by atoms with van der Waals surface area (Å²) in [6.07, 6.45) is 59.0. The van der Waals surface area contributed by atoms with Crippen LogP contribution in [0, 0.1) is 0 Å². The minimum absolute atomic E-state index is 0.0162. The molecule has 0 saturated carbocycles. The summed E-state index contributed by atoms with van der Waals surface area (Å²) >= 11 is 0. The number of phosphoric ester groups is 1. The Bertz CT molecular complexity index is 1250. The molecule has 61 heavy (non-hydrogen) atoms. The van der Waals surface area contributed by atoms with Crippen LogP contribution in [-0.2, 0) is 27.9 Å². The summed E-state index contributed by atoms with van der Waals surface area (Å²) < 4.78 is 34.6. The van der Waals surface area contributed by atoms with E-state index in [0.717, 1.165) is 77.0 Å². The molecule has 0 aromatic rings. The van der Waals surface area contributed by atoms with Gasteiger partial charge in [0.05, 0.1) is 34.4 Å². The van der Waals surface area contributed by atoms with Crippen LogP contribution in [0.15, 0.2) is 85.1 Å². The van der Waals surface area contributed by atoms with Gasteiger partial charge in [-0.25, -0.2) is 0 Å². The second kappa shape index (κ2) is 44.3. The normalized spacial score (nSPS) is 14.4. The highest BCUT2D eigenvalue weighted by Gasteiger charge is 2.20. The van der Waals surface area contributed by atoms with Gasteiger partial charge in [-0.15, -0.1) is 0 Å². The van der Waals surface area contributed by atoms with Crippen molar-refractivity contribution in [2.45, 2.75) is 187 Å². The molecule has 0 fully saturated rings. The van der Waals surface area contributed by atoms with Crippen LogP contribution in [0.5, 0.6) is 0 Å². The molecule has 9 heteroatoms. The fourth-order valence-electron chi connectivity index (χ4n) is 6.26. The number of unbranched alkanes of at least 4 members (excludes halogenated alkanes) is 16. The van der Waals surface area contributed by atoms with E-state index in [0.29, 0.717) is 24.1 Å². The number of carbonyl (C=O) groups excluding carboxylic acids is 1. The standard InChI is InChI=1S/C52H92NO7P/c1-6-8-10-12-14-16-18-20-21-22-23-24-25-26-27-28-29-30-31-32-34-36-38-40-42-44-47-57-49-51(50-59-61(55,56)58-48-46-53(3,4)5)60-52(54)45-43-41-39-37-35-33-19-17-15-13-11-9-7-2/h8-11,14-17,20-21,23-24,33,35,51H,6-7,12-13,18-19,22,25-32,34,36-50H2,1-5H3/b10-8-,11-9-,16-14-,17-15-,21-20-,24-23-,35-33-. The first-order valence-electron chi connectivity index (χ1n) is 24.3. The van der Waals surface area contributed by atoms with Crippen LogP contribution in [0.25, 0.3) is 0 Å². The Balaban J connectivity index is 4.11. The van der Waals surface area contributed by atoms with Crippen LogP contribution >= 0.6 is 7.82 Å². The van der Waals surface area contributed by atoms with Gasteiger partial charge in [0.15, 0.2) is 0 Å². The summed E-state index contributed by atoms with van der Waals surface area (Å²) in [4.78, 5) is 25.1. The molecule has 0 rings (SSSR count). The van der Waals surface area contributed by atoms with Gasteiger partial charge in [-0.1, -0.05) is 176 Å². The van der Waals surface area contributed by atoms with Gasteiger partial charge >= 0.3 is 5.97 Å². The summed E-state index contributed by atoms with van der Waals surface area (Å²) in [6, 6.07) is 0. The molecule has 0 aliphatic rings. The van der Waals surface area contributed by atoms with E-state index >= 15 is 0 Å². The van der Waals surface area contributed by atoms with Gasteiger partial charge in [0.2, 0.25) is 0 Å². The third-order valence-corrected chi connectivity index (χ3v) is 10.9. The molecule has 0 bridgehead atoms. The van der Waals surface area contributed by atoms with E-state index < -0.39 is 13.9 Å². The molecule has 8 nitrogen and oxygen atoms in total. The monoisotopic (exact) mass is 874 g/mol. The van der Waals surface area contributed by atoms with Gasteiger partial charge in [0.25, 0.3) is 7.82 Å². The predicted molar refractivity (Wildman–Crippen MR) is 258 cm³/mol. The quantitative estimate of drug-likeness (QED) is 0.0198. The van der Waals surface area contributed by atoms with E-state index in [9.17, 15) is 14.3 Å². The fraction of sp³-hybridized carbons (Fsp3) is 0.712. The van der Waals surface area contributed by atoms with E-state index in [2.05, 4.69) is 98.9 Å². The lowest BCUT2D eigenvalue weighted by Gasteiger charge is -2.28. The first kappa shape index (κ1) is 58.7. The average Bonchev–Trinajstić information content (AvgIpc) is 3.22. The summed E-state index contributed by atoms with van der Waals surface area (Å²) in [7, 11) is 1.32. The first-order chi connectivity index (χ1) is 29.6. The maximum Gasteiger partial charge on any atom is 0.306 e. The maximum atomic E-state index is 12.7. The van der Waals surface area contributed by atoms with Crippen molar-refractivity contribution in [3.63, 3.8) is 0 Å². The van der Waals surface area contributed by atoms with Crippen molar-refractivity contribution in [2.24, 2.45) is 0 Å². The number of hydrogen-bond acceptors (Lipinski definition) is 7. The number of allylic oxidation sites excluding steroid dienone is 14. The smallest absolute Gasteiger partial charge is 0.306 e. The number of hydrogen-bond donors (Lipinski definition) is 0. The van der Waals surface area contributed by atoms with Gasteiger partial charge < -0.3 is 27.9 Å². The van der Waals surface area contributed by atoms with E-state index in [4.69, 9.17) is 18.5 Å². The van der Waals surface area contributed by atoms with Crippen LogP contribution in [0.1, 0.15) is 181 Å². The summed E-state index contributed by atoms with van der Waals surface area (Å²) in [5.74, 6) is -0.366. The van der Waals surface area contributed by atoms with Crippen LogP contribution in [0.4, 0.5) is 0 Å². The average molecular weight is 874 g/mol. The Morgan fingerprint density at radius 2 is 0.902 bits per heavy atom. The maximum absolute atomic E-state index is 12.7. The highest BCUT2D eigenvalue weighted by atomic mass is 31.2. The zero-order valence-electron chi connectivity index (χ0n) is 39.8. The van der Waals surface area contributed by atoms with E-state index in [-0.39, 0.29) is 32.2 Å². The molecule has 0 aromatic heterocycles. The van der Waals surface area contributed by atoms with Gasteiger partial charge in [-0.3, -0.25) is 9.36 Å². The summed E-state index contributed by atoms with van der Waals surface area (Å²) in [6.45, 7) is 5.13. The van der Waals surface area contributed by atoms with Crippen LogP contribution < -0.4 is 4.89 Å². The Kier molecular flexibility index (Phi) is 42.6. The molecule has 2 atom stereocenters. The SMILES string of the molecule is CC/C=C\C/C=C\C/C=C\C/C=C\CCCCCCCCCCCCCCCOCC(COP(=O)([O-])OCC[N+](C)(C)C)OC(=O)CCCCC/C=C\C/C=C\C/C=C\CC. The second-order valence-corrected chi connectivity index (χ2v) is 18.5. The van der Waals surface area contributed by atoms with Crippen molar-refractivity contribution in [3.05, 3.63) is 85.1 Å². The lowest BCUT2D eigenvalue weighted by Crippen LogP contribution is -2.37. The van der Waals surface area contributed by atoms with Crippen molar-refractivity contribution in [1.82, 2.24) is 0 Å². The third-order valence-electron chi connectivity index (χ3n) is 9.94. The number of carbonyl (C=O) groups is 1. The number of quaternary nitrogens is 1. The van der Waals surface area contributed by atoms with Crippen LogP contribution in [0.3, 0.4) is 0 Å². The topological polar surface area (TPSA) is 94.1 Å². The Labute approximate surface area is 375 Å². The molecule has 0 N–H and O–H groups in total. The number of likely N-dealkylation sites (N-methyl/N-ethyl adjacent to an activating group) is 1. The zero-order chi connectivity index (χ0) is 44.8. The Morgan fingerprint density at radius 1 is 0.508 bits per heavy atom. The number of phosphoric acid groups is 1. The summed E-state index contributed by atoms with van der Waals surface area (Å²) in [5.41, 5.74) is 0. The molecule has 352 valence electrons. The lowest BCUT2D eigenvalue weighted by atomic mass is 10.0. The van der Waals surface area contributed by atoms with E-state index in [1.54, 1.807) is 0 Å². The van der Waals surface area contributed by atoms with Crippen molar-refractivity contribution in [2.75, 3.05) is 54.1 Å². The largest absolute Gasteiger partial charge is 0.756 e. The molecule has 0 aliphatic carbocycles. The van der Waals surface area contributed by atoms with Crippen molar-refractivity contribution in [1.29, 1.82) is 0 Å². The molecule has 2 unspecified atom stereocenters. The van der Waals surface area contributed by atoms with Crippen molar-refractivity contribution < 1.29 is 37.3 Å². The molecule has 0 saturated heterocycles. The number of esters is 1. The Hall–Kier alpha value is -2.32.